The van der Waals surface area contributed by atoms with Crippen molar-refractivity contribution in [1.29, 1.82) is 0 Å². The molecule has 2 atom stereocenters. The lowest BCUT2D eigenvalue weighted by molar-refractivity contribution is -0.0636. The summed E-state index contributed by atoms with van der Waals surface area (Å²) in [6.45, 7) is 0. The Balaban J connectivity index is 1.80. The van der Waals surface area contributed by atoms with E-state index in [0.29, 0.717) is 0 Å². The van der Waals surface area contributed by atoms with Crippen molar-refractivity contribution in [2.45, 2.75) is 49.6 Å². The van der Waals surface area contributed by atoms with E-state index in [1.54, 1.807) is 6.33 Å². The topological polar surface area (TPSA) is 56.7 Å². The molecule has 4 nitrogen and oxygen atoms in total. The first-order valence-electron chi connectivity index (χ1n) is 6.32. The van der Waals surface area contributed by atoms with E-state index in [4.69, 9.17) is 5.73 Å². The van der Waals surface area contributed by atoms with E-state index < -0.39 is 0 Å². The van der Waals surface area contributed by atoms with Gasteiger partial charge in [-0.1, -0.05) is 0 Å². The molecule has 0 spiro atoms. The second-order valence-electron chi connectivity index (χ2n) is 6.39. The fraction of sp³-hybridized carbons (Fsp3) is 0.833. The average molecular weight is 218 g/mol. The Bertz CT molecular complexity index is 397. The Morgan fingerprint density at radius 1 is 1.19 bits per heavy atom. The summed E-state index contributed by atoms with van der Waals surface area (Å²) in [4.78, 5) is 4.11. The van der Waals surface area contributed by atoms with Gasteiger partial charge < -0.3 is 5.73 Å². The number of nitrogens with zero attached hydrogens (tertiary/aromatic N) is 3. The van der Waals surface area contributed by atoms with Crippen LogP contribution in [0.15, 0.2) is 12.7 Å². The number of hydrogen-bond acceptors (Lipinski definition) is 3. The number of hydrogen-bond donors (Lipinski definition) is 1. The Hall–Kier alpha value is -0.900. The predicted octanol–water partition coefficient (Wildman–Crippen LogP) is 1.28. The Morgan fingerprint density at radius 2 is 1.94 bits per heavy atom. The van der Waals surface area contributed by atoms with E-state index in [1.807, 2.05) is 6.33 Å². The molecule has 4 bridgehead atoms. The largest absolute Gasteiger partial charge is 0.325 e. The van der Waals surface area contributed by atoms with Crippen molar-refractivity contribution in [3.05, 3.63) is 12.7 Å². The number of aromatic nitrogens is 3. The van der Waals surface area contributed by atoms with E-state index in [1.165, 1.54) is 32.1 Å². The fourth-order valence-corrected chi connectivity index (χ4v) is 5.01. The highest BCUT2D eigenvalue weighted by Gasteiger charge is 2.57. The summed E-state index contributed by atoms with van der Waals surface area (Å²) in [6.07, 6.45) is 11.1. The summed E-state index contributed by atoms with van der Waals surface area (Å²) in [5.41, 5.74) is 6.85. The molecule has 2 N–H and O–H groups in total. The first kappa shape index (κ1) is 9.16. The van der Waals surface area contributed by atoms with Gasteiger partial charge in [0.25, 0.3) is 0 Å². The van der Waals surface area contributed by atoms with E-state index in [0.717, 1.165) is 18.3 Å². The van der Waals surface area contributed by atoms with Crippen LogP contribution in [0.1, 0.15) is 38.5 Å². The van der Waals surface area contributed by atoms with Crippen LogP contribution >= 0.6 is 0 Å². The third-order valence-electron chi connectivity index (χ3n) is 4.98. The smallest absolute Gasteiger partial charge is 0.137 e. The molecule has 1 heterocycles. The molecule has 86 valence electrons. The molecule has 4 aliphatic rings. The van der Waals surface area contributed by atoms with Gasteiger partial charge in [0.1, 0.15) is 12.7 Å². The van der Waals surface area contributed by atoms with Crippen LogP contribution < -0.4 is 5.73 Å². The summed E-state index contributed by atoms with van der Waals surface area (Å²) >= 11 is 0. The van der Waals surface area contributed by atoms with Gasteiger partial charge in [-0.05, 0) is 50.4 Å². The summed E-state index contributed by atoms with van der Waals surface area (Å²) in [5, 5.41) is 4.39. The molecule has 16 heavy (non-hydrogen) atoms. The lowest BCUT2D eigenvalue weighted by Gasteiger charge is -2.60. The van der Waals surface area contributed by atoms with Crippen molar-refractivity contribution in [3.8, 4) is 0 Å². The summed E-state index contributed by atoms with van der Waals surface area (Å²) in [5.74, 6) is 1.66. The molecule has 5 rings (SSSR count). The first-order chi connectivity index (χ1) is 7.68. The van der Waals surface area contributed by atoms with Crippen molar-refractivity contribution < 1.29 is 0 Å². The van der Waals surface area contributed by atoms with Crippen LogP contribution in [0.2, 0.25) is 0 Å². The van der Waals surface area contributed by atoms with Crippen molar-refractivity contribution in [1.82, 2.24) is 14.8 Å². The summed E-state index contributed by atoms with van der Waals surface area (Å²) < 4.78 is 2.10. The molecular formula is C12H18N4. The summed E-state index contributed by atoms with van der Waals surface area (Å²) in [7, 11) is 0. The minimum absolute atomic E-state index is 0.0933. The van der Waals surface area contributed by atoms with E-state index in [2.05, 4.69) is 14.8 Å². The van der Waals surface area contributed by atoms with Crippen LogP contribution in [0.4, 0.5) is 0 Å². The normalized spacial score (nSPS) is 49.8. The van der Waals surface area contributed by atoms with Crippen LogP contribution in [0.3, 0.4) is 0 Å². The predicted molar refractivity (Wildman–Crippen MR) is 59.6 cm³/mol. The molecular weight excluding hydrogens is 200 g/mol. The SMILES string of the molecule is NC12C[C@H]3C[C@H](C1)CC(n1cncn1)(C3)C2. The zero-order valence-electron chi connectivity index (χ0n) is 9.47. The zero-order valence-corrected chi connectivity index (χ0v) is 9.47. The van der Waals surface area contributed by atoms with E-state index in [9.17, 15) is 0 Å². The molecule has 0 aliphatic heterocycles. The van der Waals surface area contributed by atoms with Gasteiger partial charge in [0, 0.05) is 5.54 Å². The zero-order chi connectivity index (χ0) is 10.8. The van der Waals surface area contributed by atoms with Gasteiger partial charge in [-0.2, -0.15) is 5.10 Å². The molecule has 4 aliphatic carbocycles. The summed E-state index contributed by atoms with van der Waals surface area (Å²) in [6, 6.07) is 0. The lowest BCUT2D eigenvalue weighted by Crippen LogP contribution is -2.63. The van der Waals surface area contributed by atoms with Gasteiger partial charge in [-0.3, -0.25) is 0 Å². The minimum atomic E-state index is 0.0933. The minimum Gasteiger partial charge on any atom is -0.325 e. The van der Waals surface area contributed by atoms with Crippen LogP contribution in [0, 0.1) is 11.8 Å². The molecule has 4 fully saturated rings. The van der Waals surface area contributed by atoms with Gasteiger partial charge in [-0.25, -0.2) is 9.67 Å². The Labute approximate surface area is 95.2 Å². The van der Waals surface area contributed by atoms with Gasteiger partial charge in [-0.15, -0.1) is 0 Å². The van der Waals surface area contributed by atoms with Crippen molar-refractivity contribution >= 4 is 0 Å². The average Bonchev–Trinajstić information content (AvgIpc) is 2.65. The van der Waals surface area contributed by atoms with Gasteiger partial charge in [0.05, 0.1) is 5.54 Å². The number of rotatable bonds is 1. The van der Waals surface area contributed by atoms with Crippen molar-refractivity contribution in [2.24, 2.45) is 17.6 Å². The molecule has 1 aromatic rings. The molecule has 4 saturated carbocycles. The third-order valence-corrected chi connectivity index (χ3v) is 4.98. The first-order valence-corrected chi connectivity index (χ1v) is 6.32. The van der Waals surface area contributed by atoms with Gasteiger partial charge >= 0.3 is 0 Å². The molecule has 0 radical (unpaired) electrons. The Kier molecular flexibility index (Phi) is 1.53. The van der Waals surface area contributed by atoms with E-state index in [-0.39, 0.29) is 11.1 Å². The maximum atomic E-state index is 6.55. The molecule has 0 aromatic carbocycles. The second-order valence-corrected chi connectivity index (χ2v) is 6.39. The van der Waals surface area contributed by atoms with Gasteiger partial charge in [0.2, 0.25) is 0 Å². The van der Waals surface area contributed by atoms with Crippen LogP contribution in [-0.4, -0.2) is 20.3 Å². The highest BCUT2D eigenvalue weighted by atomic mass is 15.4. The molecule has 0 amide bonds. The van der Waals surface area contributed by atoms with Crippen molar-refractivity contribution in [2.75, 3.05) is 0 Å². The maximum absolute atomic E-state index is 6.55. The second kappa shape index (κ2) is 2.67. The van der Waals surface area contributed by atoms with Crippen molar-refractivity contribution in [3.63, 3.8) is 0 Å². The highest BCUT2D eigenvalue weighted by Crippen LogP contribution is 2.59. The third kappa shape index (κ3) is 1.08. The van der Waals surface area contributed by atoms with Crippen LogP contribution in [0.25, 0.3) is 0 Å². The quantitative estimate of drug-likeness (QED) is 0.772. The molecule has 4 heteroatoms. The molecule has 1 aromatic heterocycles. The lowest BCUT2D eigenvalue weighted by atomic mass is 9.50. The van der Waals surface area contributed by atoms with E-state index >= 15 is 0 Å². The number of nitrogens with two attached hydrogens (primary N) is 1. The monoisotopic (exact) mass is 218 g/mol. The molecule has 0 saturated heterocycles. The maximum Gasteiger partial charge on any atom is 0.137 e. The fourth-order valence-electron chi connectivity index (χ4n) is 5.01. The highest BCUT2D eigenvalue weighted by molar-refractivity contribution is 5.12. The Morgan fingerprint density at radius 3 is 2.50 bits per heavy atom. The van der Waals surface area contributed by atoms with Crippen LogP contribution in [0.5, 0.6) is 0 Å². The molecule has 0 unspecified atom stereocenters. The van der Waals surface area contributed by atoms with Gasteiger partial charge in [0.15, 0.2) is 0 Å². The standard InChI is InChI=1S/C12H18N4/c13-11-2-9-1-10(3-11)5-12(4-9,6-11)16-8-14-7-15-16/h7-10H,1-6,13H2/t9-,10-,11?,12?/m1/s1. The van der Waals surface area contributed by atoms with Crippen LogP contribution in [-0.2, 0) is 5.54 Å².